The Morgan fingerprint density at radius 3 is 2.68 bits per heavy atom. The monoisotopic (exact) mass is 435 g/mol. The van der Waals surface area contributed by atoms with Gasteiger partial charge in [-0.15, -0.1) is 11.3 Å². The minimum Gasteiger partial charge on any atom is -0.493 e. The molecule has 0 aliphatic heterocycles. The molecule has 0 saturated carbocycles. The summed E-state index contributed by atoms with van der Waals surface area (Å²) in [5.74, 6) is -0.134. The summed E-state index contributed by atoms with van der Waals surface area (Å²) >= 11 is 1.59. The van der Waals surface area contributed by atoms with Gasteiger partial charge in [0.25, 0.3) is 0 Å². The Kier molecular flexibility index (Phi) is 6.39. The average Bonchev–Trinajstić information content (AvgIpc) is 3.41. The number of carboxylic acid groups (broad SMARTS) is 1. The second kappa shape index (κ2) is 9.37. The molecule has 0 aliphatic carbocycles. The molecule has 2 N–H and O–H groups in total. The Morgan fingerprint density at radius 2 is 1.94 bits per heavy atom. The van der Waals surface area contributed by atoms with Crippen LogP contribution in [-0.2, 0) is 22.4 Å². The topological polar surface area (TPSA) is 71.5 Å². The summed E-state index contributed by atoms with van der Waals surface area (Å²) in [4.78, 5) is 14.8. The zero-order valence-corrected chi connectivity index (χ0v) is 18.4. The molecule has 5 nitrogen and oxygen atoms in total. The van der Waals surface area contributed by atoms with Crippen molar-refractivity contribution in [1.82, 2.24) is 4.98 Å². The van der Waals surface area contributed by atoms with E-state index in [-0.39, 0.29) is 0 Å². The van der Waals surface area contributed by atoms with Crippen LogP contribution in [0.2, 0.25) is 0 Å². The van der Waals surface area contributed by atoms with Crippen LogP contribution in [0.5, 0.6) is 5.75 Å². The van der Waals surface area contributed by atoms with E-state index in [4.69, 9.17) is 9.47 Å². The number of benzene rings is 2. The lowest BCUT2D eigenvalue weighted by molar-refractivity contribution is -0.148. The summed E-state index contributed by atoms with van der Waals surface area (Å²) in [5, 5.41) is 12.3. The molecule has 0 fully saturated rings. The molecular formula is C25H25NO4S. The van der Waals surface area contributed by atoms with E-state index < -0.39 is 12.1 Å². The Balaban J connectivity index is 1.46. The van der Waals surface area contributed by atoms with Crippen molar-refractivity contribution < 1.29 is 19.4 Å². The first-order valence-corrected chi connectivity index (χ1v) is 11.1. The van der Waals surface area contributed by atoms with Crippen LogP contribution in [0.4, 0.5) is 0 Å². The molecule has 2 heterocycles. The van der Waals surface area contributed by atoms with Crippen LogP contribution in [0.3, 0.4) is 0 Å². The van der Waals surface area contributed by atoms with E-state index in [0.717, 1.165) is 39.2 Å². The van der Waals surface area contributed by atoms with E-state index >= 15 is 0 Å². The van der Waals surface area contributed by atoms with Gasteiger partial charge < -0.3 is 19.6 Å². The van der Waals surface area contributed by atoms with Gasteiger partial charge in [-0.1, -0.05) is 36.4 Å². The zero-order chi connectivity index (χ0) is 21.8. The highest BCUT2D eigenvalue weighted by atomic mass is 32.1. The zero-order valence-electron chi connectivity index (χ0n) is 17.6. The normalized spacial score (nSPS) is 12.2. The molecule has 4 rings (SSSR count). The van der Waals surface area contributed by atoms with Crippen molar-refractivity contribution in [3.63, 3.8) is 0 Å². The van der Waals surface area contributed by atoms with Crippen molar-refractivity contribution >= 4 is 27.4 Å². The van der Waals surface area contributed by atoms with E-state index in [2.05, 4.69) is 30.1 Å². The number of H-pyrrole nitrogens is 1. The number of carboxylic acids is 1. The molecule has 160 valence electrons. The van der Waals surface area contributed by atoms with E-state index in [1.165, 1.54) is 18.2 Å². The average molecular weight is 436 g/mol. The van der Waals surface area contributed by atoms with E-state index in [0.29, 0.717) is 13.0 Å². The lowest BCUT2D eigenvalue weighted by atomic mass is 10.1. The lowest BCUT2D eigenvalue weighted by Gasteiger charge is -2.13. The second-order valence-electron chi connectivity index (χ2n) is 7.45. The maximum Gasteiger partial charge on any atom is 0.333 e. The number of hydrogen-bond donors (Lipinski definition) is 2. The van der Waals surface area contributed by atoms with Crippen molar-refractivity contribution in [3.8, 4) is 17.0 Å². The summed E-state index contributed by atoms with van der Waals surface area (Å²) in [6.45, 7) is 2.65. The number of fused-ring (bicyclic) bond motifs is 1. The molecule has 0 saturated heterocycles. The maximum absolute atomic E-state index is 11.3. The first-order chi connectivity index (χ1) is 15.1. The van der Waals surface area contributed by atoms with Gasteiger partial charge in [-0.05, 0) is 47.2 Å². The van der Waals surface area contributed by atoms with Crippen molar-refractivity contribution in [3.05, 3.63) is 76.8 Å². The summed E-state index contributed by atoms with van der Waals surface area (Å²) in [5.41, 5.74) is 5.63. The molecule has 0 aliphatic rings. The van der Waals surface area contributed by atoms with Gasteiger partial charge in [-0.2, -0.15) is 0 Å². The summed E-state index contributed by atoms with van der Waals surface area (Å²) in [6, 6.07) is 18.4. The Morgan fingerprint density at radius 1 is 1.13 bits per heavy atom. The van der Waals surface area contributed by atoms with Gasteiger partial charge in [0.1, 0.15) is 5.75 Å². The predicted molar refractivity (Wildman–Crippen MR) is 124 cm³/mol. The highest BCUT2D eigenvalue weighted by molar-refractivity contribution is 7.17. The van der Waals surface area contributed by atoms with E-state index in [1.54, 1.807) is 11.3 Å². The van der Waals surface area contributed by atoms with Gasteiger partial charge in [-0.25, -0.2) is 4.79 Å². The molecule has 2 aromatic carbocycles. The van der Waals surface area contributed by atoms with E-state index in [1.807, 2.05) is 41.8 Å². The van der Waals surface area contributed by atoms with Gasteiger partial charge in [-0.3, -0.25) is 0 Å². The number of rotatable bonds is 9. The second-order valence-corrected chi connectivity index (χ2v) is 8.37. The molecule has 0 radical (unpaired) electrons. The molecule has 31 heavy (non-hydrogen) atoms. The standard InChI is InChI=1S/C25H25NO4S/c1-16-18(14-21(26-16)17-6-4-3-5-7-17)10-12-30-22-9-8-19(15-23(29-2)25(27)28)24-20(22)11-13-31-24/h3-9,11,13-14,23,26H,10,12,15H2,1-2H3,(H,27,28)/t23-/m0/s1. The van der Waals surface area contributed by atoms with Gasteiger partial charge >= 0.3 is 5.97 Å². The highest BCUT2D eigenvalue weighted by Crippen LogP contribution is 2.34. The van der Waals surface area contributed by atoms with Crippen LogP contribution in [-0.4, -0.2) is 35.9 Å². The van der Waals surface area contributed by atoms with Crippen LogP contribution in [0.15, 0.2) is 60.0 Å². The molecule has 6 heteroatoms. The Labute approximate surface area is 185 Å². The predicted octanol–water partition coefficient (Wildman–Crippen LogP) is 5.47. The Bertz CT molecular complexity index is 1180. The number of methoxy groups -OCH3 is 1. The molecule has 1 atom stereocenters. The van der Waals surface area contributed by atoms with Gasteiger partial charge in [0, 0.05) is 41.4 Å². The fourth-order valence-electron chi connectivity index (χ4n) is 3.76. The number of aromatic nitrogens is 1. The number of ether oxygens (including phenoxy) is 2. The number of carbonyl (C=O) groups is 1. The molecule has 2 aromatic heterocycles. The number of hydrogen-bond acceptors (Lipinski definition) is 4. The van der Waals surface area contributed by atoms with Crippen molar-refractivity contribution in [1.29, 1.82) is 0 Å². The molecular weight excluding hydrogens is 410 g/mol. The minimum absolute atomic E-state index is 0.327. The van der Waals surface area contributed by atoms with Crippen LogP contribution in [0.1, 0.15) is 16.8 Å². The fourth-order valence-corrected chi connectivity index (χ4v) is 4.69. The maximum atomic E-state index is 11.3. The molecule has 0 bridgehead atoms. The van der Waals surface area contributed by atoms with Gasteiger partial charge in [0.2, 0.25) is 0 Å². The van der Waals surface area contributed by atoms with Crippen LogP contribution < -0.4 is 4.74 Å². The van der Waals surface area contributed by atoms with E-state index in [9.17, 15) is 9.90 Å². The van der Waals surface area contributed by atoms with Crippen molar-refractivity contribution in [2.75, 3.05) is 13.7 Å². The van der Waals surface area contributed by atoms with Crippen LogP contribution in [0, 0.1) is 6.92 Å². The van der Waals surface area contributed by atoms with Gasteiger partial charge in [0.05, 0.1) is 6.61 Å². The molecule has 4 aromatic rings. The fraction of sp³-hybridized carbons (Fsp3) is 0.240. The third-order valence-electron chi connectivity index (χ3n) is 5.46. The molecule has 0 amide bonds. The summed E-state index contributed by atoms with van der Waals surface area (Å²) in [6.07, 6.45) is 0.272. The quantitative estimate of drug-likeness (QED) is 0.366. The largest absolute Gasteiger partial charge is 0.493 e. The molecule has 0 unspecified atom stereocenters. The SMILES string of the molecule is CO[C@@H](Cc1ccc(OCCc2cc(-c3ccccc3)[nH]c2C)c2ccsc12)C(=O)O. The third kappa shape index (κ3) is 4.65. The first-order valence-electron chi connectivity index (χ1n) is 10.2. The molecule has 0 spiro atoms. The smallest absolute Gasteiger partial charge is 0.333 e. The van der Waals surface area contributed by atoms with Crippen LogP contribution in [0.25, 0.3) is 21.3 Å². The number of nitrogens with one attached hydrogen (secondary N) is 1. The number of aliphatic carboxylic acids is 1. The minimum atomic E-state index is -0.954. The number of thiophene rings is 1. The first kappa shape index (κ1) is 21.2. The van der Waals surface area contributed by atoms with Gasteiger partial charge in [0.15, 0.2) is 6.10 Å². The van der Waals surface area contributed by atoms with Crippen LogP contribution >= 0.6 is 11.3 Å². The van der Waals surface area contributed by atoms with Crippen molar-refractivity contribution in [2.45, 2.75) is 25.9 Å². The number of aryl methyl sites for hydroxylation is 1. The third-order valence-corrected chi connectivity index (χ3v) is 6.45. The highest BCUT2D eigenvalue weighted by Gasteiger charge is 2.19. The lowest BCUT2D eigenvalue weighted by Crippen LogP contribution is -2.24. The summed E-state index contributed by atoms with van der Waals surface area (Å²) < 4.78 is 12.3. The Hall–Kier alpha value is -3.09. The summed E-state index contributed by atoms with van der Waals surface area (Å²) in [7, 11) is 1.42. The number of aromatic amines is 1. The van der Waals surface area contributed by atoms with Crippen molar-refractivity contribution in [2.24, 2.45) is 0 Å².